The summed E-state index contributed by atoms with van der Waals surface area (Å²) >= 11 is 5.97. The van der Waals surface area contributed by atoms with Crippen LogP contribution in [0.15, 0.2) is 18.2 Å². The third-order valence-corrected chi connectivity index (χ3v) is 3.07. The van der Waals surface area contributed by atoms with Gasteiger partial charge < -0.3 is 4.90 Å². The zero-order chi connectivity index (χ0) is 14.6. The number of carbonyl (C=O) groups is 1. The Morgan fingerprint density at radius 1 is 1.47 bits per heavy atom. The van der Waals surface area contributed by atoms with E-state index in [0.717, 1.165) is 6.42 Å². The quantitative estimate of drug-likeness (QED) is 0.614. The molecule has 0 spiro atoms. The summed E-state index contributed by atoms with van der Waals surface area (Å²) in [6.07, 6.45) is 0.816. The summed E-state index contributed by atoms with van der Waals surface area (Å²) in [5.74, 6) is -0.273. The van der Waals surface area contributed by atoms with Crippen molar-refractivity contribution in [2.24, 2.45) is 0 Å². The van der Waals surface area contributed by atoms with Gasteiger partial charge in [0.2, 0.25) is 0 Å². The van der Waals surface area contributed by atoms with Crippen LogP contribution in [0.1, 0.15) is 37.6 Å². The Bertz CT molecular complexity index is 489. The van der Waals surface area contributed by atoms with Crippen LogP contribution < -0.4 is 0 Å². The average Bonchev–Trinajstić information content (AvgIpc) is 2.35. The third kappa shape index (κ3) is 3.67. The lowest BCUT2D eigenvalue weighted by atomic mass is 10.1. The Labute approximate surface area is 117 Å². The Kier molecular flexibility index (Phi) is 5.30. The predicted molar refractivity (Wildman–Crippen MR) is 74.6 cm³/mol. The van der Waals surface area contributed by atoms with Crippen LogP contribution in [0.2, 0.25) is 5.02 Å². The molecular formula is C13H17ClN2O3. The topological polar surface area (TPSA) is 63.5 Å². The molecule has 1 aromatic carbocycles. The summed E-state index contributed by atoms with van der Waals surface area (Å²) in [5.41, 5.74) is 0.0472. The molecule has 19 heavy (non-hydrogen) atoms. The zero-order valence-corrected chi connectivity index (χ0v) is 12.0. The van der Waals surface area contributed by atoms with Crippen molar-refractivity contribution in [3.05, 3.63) is 38.9 Å². The number of nitrogens with zero attached hydrogens (tertiary/aromatic N) is 2. The number of amides is 1. The van der Waals surface area contributed by atoms with E-state index in [2.05, 4.69) is 0 Å². The minimum Gasteiger partial charge on any atom is -0.336 e. The van der Waals surface area contributed by atoms with Gasteiger partial charge in [-0.2, -0.15) is 0 Å². The van der Waals surface area contributed by atoms with E-state index in [4.69, 9.17) is 11.6 Å². The fourth-order valence-corrected chi connectivity index (χ4v) is 1.98. The Morgan fingerprint density at radius 3 is 2.58 bits per heavy atom. The number of carbonyl (C=O) groups excluding carboxylic acids is 1. The number of nitro groups is 1. The second kappa shape index (κ2) is 6.52. The van der Waals surface area contributed by atoms with Gasteiger partial charge in [0, 0.05) is 24.7 Å². The molecular weight excluding hydrogens is 268 g/mol. The second-order valence-electron chi connectivity index (χ2n) is 4.51. The molecule has 1 rings (SSSR count). The largest absolute Gasteiger partial charge is 0.336 e. The number of halogens is 1. The van der Waals surface area contributed by atoms with Gasteiger partial charge in [0.15, 0.2) is 0 Å². The van der Waals surface area contributed by atoms with Crippen LogP contribution in [0.5, 0.6) is 0 Å². The molecule has 0 saturated carbocycles. The van der Waals surface area contributed by atoms with Crippen molar-refractivity contribution in [1.82, 2.24) is 4.90 Å². The van der Waals surface area contributed by atoms with Crippen LogP contribution in [-0.4, -0.2) is 28.3 Å². The van der Waals surface area contributed by atoms with Gasteiger partial charge in [-0.15, -0.1) is 0 Å². The molecule has 0 saturated heterocycles. The van der Waals surface area contributed by atoms with E-state index in [1.165, 1.54) is 18.2 Å². The summed E-state index contributed by atoms with van der Waals surface area (Å²) in [4.78, 5) is 24.3. The van der Waals surface area contributed by atoms with Gasteiger partial charge in [0.1, 0.15) is 0 Å². The van der Waals surface area contributed by atoms with E-state index < -0.39 is 4.92 Å². The lowest BCUT2D eigenvalue weighted by Gasteiger charge is -2.26. The van der Waals surface area contributed by atoms with E-state index >= 15 is 0 Å². The van der Waals surface area contributed by atoms with Gasteiger partial charge in [0.25, 0.3) is 11.6 Å². The molecule has 0 radical (unpaired) electrons. The number of nitro benzene ring substituents is 1. The highest BCUT2D eigenvalue weighted by molar-refractivity contribution is 6.33. The number of non-ortho nitro benzene ring substituents is 1. The molecule has 0 bridgehead atoms. The van der Waals surface area contributed by atoms with E-state index in [0.29, 0.717) is 6.54 Å². The van der Waals surface area contributed by atoms with Crippen molar-refractivity contribution in [1.29, 1.82) is 0 Å². The van der Waals surface area contributed by atoms with Crippen molar-refractivity contribution in [2.75, 3.05) is 6.54 Å². The maximum Gasteiger partial charge on any atom is 0.270 e. The normalized spacial score (nSPS) is 10.6. The van der Waals surface area contributed by atoms with Crippen molar-refractivity contribution < 1.29 is 9.72 Å². The van der Waals surface area contributed by atoms with Crippen LogP contribution in [0.3, 0.4) is 0 Å². The van der Waals surface area contributed by atoms with Gasteiger partial charge in [-0.3, -0.25) is 14.9 Å². The van der Waals surface area contributed by atoms with Crippen molar-refractivity contribution in [3.8, 4) is 0 Å². The number of hydrogen-bond acceptors (Lipinski definition) is 3. The molecule has 6 heteroatoms. The summed E-state index contributed by atoms with van der Waals surface area (Å²) in [6.45, 7) is 6.37. The van der Waals surface area contributed by atoms with Crippen LogP contribution in [-0.2, 0) is 0 Å². The van der Waals surface area contributed by atoms with E-state index in [9.17, 15) is 14.9 Å². The minimum atomic E-state index is -0.535. The van der Waals surface area contributed by atoms with Gasteiger partial charge in [-0.05, 0) is 26.3 Å². The van der Waals surface area contributed by atoms with E-state index in [1.54, 1.807) is 4.90 Å². The fraction of sp³-hybridized carbons (Fsp3) is 0.462. The smallest absolute Gasteiger partial charge is 0.270 e. The van der Waals surface area contributed by atoms with Crippen LogP contribution in [0, 0.1) is 10.1 Å². The fourth-order valence-electron chi connectivity index (χ4n) is 1.78. The first-order valence-corrected chi connectivity index (χ1v) is 6.51. The summed E-state index contributed by atoms with van der Waals surface area (Å²) in [7, 11) is 0. The Morgan fingerprint density at radius 2 is 2.11 bits per heavy atom. The zero-order valence-electron chi connectivity index (χ0n) is 11.2. The van der Waals surface area contributed by atoms with E-state index in [1.807, 2.05) is 20.8 Å². The lowest BCUT2D eigenvalue weighted by molar-refractivity contribution is -0.384. The van der Waals surface area contributed by atoms with Gasteiger partial charge in [-0.25, -0.2) is 0 Å². The lowest BCUT2D eigenvalue weighted by Crippen LogP contribution is -2.37. The summed E-state index contributed by atoms with van der Waals surface area (Å²) in [6, 6.07) is 3.92. The Balaban J connectivity index is 3.16. The molecule has 0 fully saturated rings. The maximum absolute atomic E-state index is 12.4. The first-order chi connectivity index (χ1) is 8.88. The number of rotatable bonds is 5. The van der Waals surface area contributed by atoms with Gasteiger partial charge in [0.05, 0.1) is 15.5 Å². The number of hydrogen-bond donors (Lipinski definition) is 0. The summed E-state index contributed by atoms with van der Waals surface area (Å²) in [5, 5.41) is 11.0. The average molecular weight is 285 g/mol. The van der Waals surface area contributed by atoms with Crippen molar-refractivity contribution in [2.45, 2.75) is 33.2 Å². The summed E-state index contributed by atoms with van der Waals surface area (Å²) < 4.78 is 0. The third-order valence-electron chi connectivity index (χ3n) is 2.74. The predicted octanol–water partition coefficient (Wildman–Crippen LogP) is 3.51. The first-order valence-electron chi connectivity index (χ1n) is 6.13. The molecule has 1 aromatic rings. The van der Waals surface area contributed by atoms with E-state index in [-0.39, 0.29) is 28.2 Å². The molecule has 0 aliphatic carbocycles. The molecule has 1 amide bonds. The molecule has 0 aromatic heterocycles. The number of benzene rings is 1. The standard InChI is InChI=1S/C13H17ClN2O3/c1-4-7-15(9(2)3)13(17)11-8-10(16(18)19)5-6-12(11)14/h5-6,8-9H,4,7H2,1-3H3. The van der Waals surface area contributed by atoms with Crippen LogP contribution in [0.25, 0.3) is 0 Å². The molecule has 5 nitrogen and oxygen atoms in total. The monoisotopic (exact) mass is 284 g/mol. The second-order valence-corrected chi connectivity index (χ2v) is 4.92. The SMILES string of the molecule is CCCN(C(=O)c1cc([N+](=O)[O-])ccc1Cl)C(C)C. The Hall–Kier alpha value is -1.62. The molecule has 0 heterocycles. The highest BCUT2D eigenvalue weighted by Crippen LogP contribution is 2.24. The van der Waals surface area contributed by atoms with Crippen molar-refractivity contribution >= 4 is 23.2 Å². The first kappa shape index (κ1) is 15.4. The van der Waals surface area contributed by atoms with Gasteiger partial charge in [-0.1, -0.05) is 18.5 Å². The highest BCUT2D eigenvalue weighted by atomic mass is 35.5. The molecule has 0 unspecified atom stereocenters. The van der Waals surface area contributed by atoms with Crippen LogP contribution in [0.4, 0.5) is 5.69 Å². The van der Waals surface area contributed by atoms with Crippen molar-refractivity contribution in [3.63, 3.8) is 0 Å². The van der Waals surface area contributed by atoms with Gasteiger partial charge >= 0.3 is 0 Å². The molecule has 0 N–H and O–H groups in total. The minimum absolute atomic E-state index is 0.0165. The van der Waals surface area contributed by atoms with Crippen LogP contribution >= 0.6 is 11.6 Å². The highest BCUT2D eigenvalue weighted by Gasteiger charge is 2.22. The molecule has 0 aliphatic rings. The molecule has 0 aliphatic heterocycles. The maximum atomic E-state index is 12.4. The molecule has 104 valence electrons. The molecule has 0 atom stereocenters.